The van der Waals surface area contributed by atoms with Crippen molar-refractivity contribution in [3.8, 4) is 33.7 Å². The molecule has 0 atom stereocenters. The fourth-order valence-electron chi connectivity index (χ4n) is 3.04. The molecule has 154 valence electrons. The molecule has 0 aliphatic rings. The van der Waals surface area contributed by atoms with E-state index >= 15 is 0 Å². The van der Waals surface area contributed by atoms with Crippen molar-refractivity contribution >= 4 is 33.5 Å². The zero-order valence-electron chi connectivity index (χ0n) is 16.3. The van der Waals surface area contributed by atoms with Gasteiger partial charge in [0.1, 0.15) is 0 Å². The van der Waals surface area contributed by atoms with E-state index in [2.05, 4.69) is 31.4 Å². The number of aromatic amines is 1. The highest BCUT2D eigenvalue weighted by Crippen LogP contribution is 2.30. The predicted octanol–water partition coefficient (Wildman–Crippen LogP) is 5.70. The van der Waals surface area contributed by atoms with Gasteiger partial charge in [-0.2, -0.15) is 9.94 Å². The Morgan fingerprint density at radius 2 is 1.81 bits per heavy atom. The molecular formula is C22H13N7OS2. The standard InChI is InChI=1S/C22H13N7OS2/c23-12-14-6-8-16(9-7-14)18-19(26-27-21-24-10-11-31-21)20(30)29(28-18)22-25-17(13-32-22)15-4-2-1-3-5-15/h1-11,13,28H. The van der Waals surface area contributed by atoms with Crippen LogP contribution in [0.4, 0.5) is 10.8 Å². The zero-order valence-corrected chi connectivity index (χ0v) is 18.0. The van der Waals surface area contributed by atoms with Gasteiger partial charge in [0, 0.05) is 28.1 Å². The third-order valence-electron chi connectivity index (χ3n) is 4.58. The van der Waals surface area contributed by atoms with Gasteiger partial charge in [0.2, 0.25) is 10.3 Å². The SMILES string of the molecule is N#Cc1ccc(-c2[nH]n(-c3nc(-c4ccccc4)cs3)c(=O)c2N=Nc2nccs2)cc1. The van der Waals surface area contributed by atoms with Crippen LogP contribution in [0.3, 0.4) is 0 Å². The van der Waals surface area contributed by atoms with Gasteiger partial charge >= 0.3 is 5.56 Å². The molecule has 0 amide bonds. The molecule has 0 spiro atoms. The third kappa shape index (κ3) is 3.78. The molecule has 5 rings (SSSR count). The van der Waals surface area contributed by atoms with Crippen LogP contribution in [0.25, 0.3) is 27.6 Å². The largest absolute Gasteiger partial charge is 0.301 e. The normalized spacial score (nSPS) is 11.1. The Morgan fingerprint density at radius 1 is 1.00 bits per heavy atom. The van der Waals surface area contributed by atoms with Gasteiger partial charge in [-0.05, 0) is 12.1 Å². The summed E-state index contributed by atoms with van der Waals surface area (Å²) >= 11 is 2.67. The van der Waals surface area contributed by atoms with Gasteiger partial charge in [-0.15, -0.1) is 32.9 Å². The van der Waals surface area contributed by atoms with Crippen LogP contribution in [0.1, 0.15) is 5.56 Å². The van der Waals surface area contributed by atoms with E-state index in [9.17, 15) is 4.79 Å². The van der Waals surface area contributed by atoms with Gasteiger partial charge in [0.15, 0.2) is 5.69 Å². The van der Waals surface area contributed by atoms with Gasteiger partial charge in [-0.3, -0.25) is 9.89 Å². The number of benzene rings is 2. The number of nitrogens with one attached hydrogen (secondary N) is 1. The summed E-state index contributed by atoms with van der Waals surface area (Å²) in [6.07, 6.45) is 1.62. The first-order valence-electron chi connectivity index (χ1n) is 9.41. The molecule has 0 saturated heterocycles. The average Bonchev–Trinajstić information content (AvgIpc) is 3.59. The lowest BCUT2D eigenvalue weighted by atomic mass is 10.1. The summed E-state index contributed by atoms with van der Waals surface area (Å²) < 4.78 is 1.36. The molecule has 32 heavy (non-hydrogen) atoms. The van der Waals surface area contributed by atoms with Crippen LogP contribution in [0.2, 0.25) is 0 Å². The van der Waals surface area contributed by atoms with E-state index in [1.54, 1.807) is 35.8 Å². The van der Waals surface area contributed by atoms with Crippen LogP contribution in [-0.2, 0) is 0 Å². The Balaban J connectivity index is 1.62. The molecule has 0 fully saturated rings. The highest BCUT2D eigenvalue weighted by atomic mass is 32.1. The topological polar surface area (TPSA) is 112 Å². The number of azo groups is 1. The Morgan fingerprint density at radius 3 is 2.53 bits per heavy atom. The van der Waals surface area contributed by atoms with Gasteiger partial charge in [0.05, 0.1) is 23.0 Å². The number of thiazole rings is 2. The van der Waals surface area contributed by atoms with Crippen molar-refractivity contribution in [3.63, 3.8) is 0 Å². The highest BCUT2D eigenvalue weighted by Gasteiger charge is 2.19. The summed E-state index contributed by atoms with van der Waals surface area (Å²) in [5.41, 5.74) is 3.21. The van der Waals surface area contributed by atoms with Crippen molar-refractivity contribution in [2.24, 2.45) is 10.2 Å². The molecule has 0 bridgehead atoms. The molecule has 0 aliphatic heterocycles. The van der Waals surface area contributed by atoms with E-state index in [0.29, 0.717) is 27.1 Å². The number of H-pyrrole nitrogens is 1. The first-order chi connectivity index (χ1) is 15.7. The molecular weight excluding hydrogens is 442 g/mol. The Labute approximate surface area is 189 Å². The minimum atomic E-state index is -0.376. The molecule has 3 aromatic heterocycles. The second kappa shape index (κ2) is 8.50. The van der Waals surface area contributed by atoms with Crippen LogP contribution >= 0.6 is 22.7 Å². The van der Waals surface area contributed by atoms with E-state index < -0.39 is 0 Å². The summed E-state index contributed by atoms with van der Waals surface area (Å²) in [4.78, 5) is 22.0. The Hall–Kier alpha value is -4.20. The molecule has 0 aliphatic carbocycles. The second-order valence-corrected chi connectivity index (χ2v) is 8.27. The number of hydrogen-bond acceptors (Lipinski definition) is 8. The number of hydrogen-bond donors (Lipinski definition) is 1. The molecule has 0 unspecified atom stereocenters. The van der Waals surface area contributed by atoms with Crippen molar-refractivity contribution < 1.29 is 0 Å². The van der Waals surface area contributed by atoms with Gasteiger partial charge in [-0.25, -0.2) is 9.97 Å². The minimum Gasteiger partial charge on any atom is -0.286 e. The third-order valence-corrected chi connectivity index (χ3v) is 6.06. The number of nitriles is 1. The van der Waals surface area contributed by atoms with E-state index in [0.717, 1.165) is 11.3 Å². The molecule has 10 heteroatoms. The molecule has 1 N–H and O–H groups in total. The lowest BCUT2D eigenvalue weighted by molar-refractivity contribution is 0.843. The van der Waals surface area contributed by atoms with Crippen LogP contribution < -0.4 is 5.56 Å². The van der Waals surface area contributed by atoms with E-state index in [-0.39, 0.29) is 11.2 Å². The van der Waals surface area contributed by atoms with E-state index in [1.807, 2.05) is 35.7 Å². The highest BCUT2D eigenvalue weighted by molar-refractivity contribution is 7.13. The molecule has 2 aromatic carbocycles. The molecule has 8 nitrogen and oxygen atoms in total. The lowest BCUT2D eigenvalue weighted by Crippen LogP contribution is -2.13. The fourth-order valence-corrected chi connectivity index (χ4v) is 4.28. The summed E-state index contributed by atoms with van der Waals surface area (Å²) in [6, 6.07) is 18.7. The molecule has 5 aromatic rings. The Bertz CT molecular complexity index is 1490. The average molecular weight is 456 g/mol. The van der Waals surface area contributed by atoms with Crippen molar-refractivity contribution in [1.29, 1.82) is 5.26 Å². The summed E-state index contributed by atoms with van der Waals surface area (Å²) in [5, 5.41) is 25.1. The van der Waals surface area contributed by atoms with Gasteiger partial charge < -0.3 is 0 Å². The fraction of sp³-hybridized carbons (Fsp3) is 0. The van der Waals surface area contributed by atoms with E-state index in [1.165, 1.54) is 27.4 Å². The first-order valence-corrected chi connectivity index (χ1v) is 11.2. The smallest absolute Gasteiger partial charge is 0.286 e. The second-order valence-electron chi connectivity index (χ2n) is 6.56. The monoisotopic (exact) mass is 455 g/mol. The summed E-state index contributed by atoms with van der Waals surface area (Å²) in [7, 11) is 0. The van der Waals surface area contributed by atoms with Crippen molar-refractivity contribution in [2.45, 2.75) is 0 Å². The van der Waals surface area contributed by atoms with Crippen LogP contribution in [-0.4, -0.2) is 19.7 Å². The quantitative estimate of drug-likeness (QED) is 0.343. The number of aromatic nitrogens is 4. The van der Waals surface area contributed by atoms with Crippen molar-refractivity contribution in [2.75, 3.05) is 0 Å². The van der Waals surface area contributed by atoms with Crippen LogP contribution in [0.15, 0.2) is 86.6 Å². The number of nitrogens with zero attached hydrogens (tertiary/aromatic N) is 6. The van der Waals surface area contributed by atoms with Crippen molar-refractivity contribution in [3.05, 3.63) is 87.5 Å². The van der Waals surface area contributed by atoms with Crippen LogP contribution in [0, 0.1) is 11.3 Å². The minimum absolute atomic E-state index is 0.140. The molecule has 3 heterocycles. The first kappa shape index (κ1) is 19.7. The maximum absolute atomic E-state index is 13.3. The molecule has 0 saturated carbocycles. The predicted molar refractivity (Wildman–Crippen MR) is 124 cm³/mol. The van der Waals surface area contributed by atoms with Gasteiger partial charge in [-0.1, -0.05) is 42.5 Å². The van der Waals surface area contributed by atoms with E-state index in [4.69, 9.17) is 5.26 Å². The lowest BCUT2D eigenvalue weighted by Gasteiger charge is -1.99. The summed E-state index contributed by atoms with van der Waals surface area (Å²) in [5.74, 6) is 0. The maximum Gasteiger partial charge on any atom is 0.301 e. The van der Waals surface area contributed by atoms with Crippen molar-refractivity contribution in [1.82, 2.24) is 19.7 Å². The maximum atomic E-state index is 13.3. The van der Waals surface area contributed by atoms with Gasteiger partial charge in [0.25, 0.3) is 0 Å². The Kier molecular flexibility index (Phi) is 5.25. The van der Waals surface area contributed by atoms with Crippen LogP contribution in [0.5, 0.6) is 0 Å². The summed E-state index contributed by atoms with van der Waals surface area (Å²) in [6.45, 7) is 0. The zero-order chi connectivity index (χ0) is 21.9. The number of rotatable bonds is 5. The molecule has 0 radical (unpaired) electrons.